The number of carbonyl (C=O) groups excluding carboxylic acids is 2. The van der Waals surface area contributed by atoms with Crippen LogP contribution in [0.2, 0.25) is 5.02 Å². The van der Waals surface area contributed by atoms with Crippen molar-refractivity contribution in [2.45, 2.75) is 64.6 Å². The van der Waals surface area contributed by atoms with Crippen LogP contribution in [-0.2, 0) is 36.9 Å². The second-order valence-electron chi connectivity index (χ2n) is 12.1. The average molecular weight is 720 g/mol. The second kappa shape index (κ2) is 16.3. The number of hydrogen-bond donors (Lipinski definition) is 3. The maximum absolute atomic E-state index is 13.9. The summed E-state index contributed by atoms with van der Waals surface area (Å²) in [6, 6.07) is 6.25. The molecule has 4 N–H and O–H groups in total. The van der Waals surface area contributed by atoms with E-state index in [1.165, 1.54) is 30.9 Å². The molecule has 0 radical (unpaired) electrons. The number of aryl methyl sites for hydroxylation is 1. The lowest BCUT2D eigenvalue weighted by Crippen LogP contribution is -2.40. The Balaban J connectivity index is 1.54. The van der Waals surface area contributed by atoms with Crippen LogP contribution in [0, 0.1) is 18.8 Å². The number of nitrogens with one attached hydrogen (secondary N) is 1. The minimum Gasteiger partial charge on any atom is -0.461 e. The van der Waals surface area contributed by atoms with E-state index in [0.29, 0.717) is 41.4 Å². The first kappa shape index (κ1) is 37.4. The van der Waals surface area contributed by atoms with Crippen LogP contribution in [0.15, 0.2) is 49.6 Å². The van der Waals surface area contributed by atoms with Gasteiger partial charge in [-0.1, -0.05) is 38.1 Å². The number of nitrogens with zero attached hydrogens (tertiary/aromatic N) is 3. The SMILES string of the molecule is C=CN(C)S(=O)(=O)OC[C@H]1CC(Nc2ncncc2C(=O)c2cc(Cc3cc(Cl)ccc3CCO)c(C)s2)CC1OC(=O)C(N)C(C)C. The van der Waals surface area contributed by atoms with Gasteiger partial charge in [-0.25, -0.2) is 9.97 Å². The van der Waals surface area contributed by atoms with Crippen molar-refractivity contribution in [2.24, 2.45) is 17.6 Å². The first-order valence-corrected chi connectivity index (χ1v) is 18.1. The Morgan fingerprint density at radius 3 is 2.69 bits per heavy atom. The summed E-state index contributed by atoms with van der Waals surface area (Å²) in [5, 5.41) is 13.4. The number of benzene rings is 1. The van der Waals surface area contributed by atoms with Gasteiger partial charge in [-0.15, -0.1) is 11.3 Å². The molecule has 1 saturated carbocycles. The fraction of sp³-hybridized carbons (Fsp3) is 0.455. The highest BCUT2D eigenvalue weighted by molar-refractivity contribution is 7.84. The molecule has 2 aromatic heterocycles. The summed E-state index contributed by atoms with van der Waals surface area (Å²) >= 11 is 7.63. The van der Waals surface area contributed by atoms with E-state index in [-0.39, 0.29) is 36.5 Å². The number of ketones is 1. The number of anilines is 1. The van der Waals surface area contributed by atoms with Crippen molar-refractivity contribution in [2.75, 3.05) is 25.6 Å². The molecular formula is C33H42ClN5O7S2. The lowest BCUT2D eigenvalue weighted by Gasteiger charge is -2.23. The number of aromatic nitrogens is 2. The van der Waals surface area contributed by atoms with Gasteiger partial charge in [0.15, 0.2) is 0 Å². The van der Waals surface area contributed by atoms with Gasteiger partial charge in [0.2, 0.25) is 5.78 Å². The number of hydrogen-bond acceptors (Lipinski definition) is 12. The molecule has 15 heteroatoms. The van der Waals surface area contributed by atoms with Crippen LogP contribution >= 0.6 is 22.9 Å². The number of nitrogens with two attached hydrogens (primary N) is 1. The number of carbonyl (C=O) groups is 2. The Bertz CT molecular complexity index is 1730. The highest BCUT2D eigenvalue weighted by Gasteiger charge is 2.40. The van der Waals surface area contributed by atoms with E-state index in [2.05, 4.69) is 21.9 Å². The minimum absolute atomic E-state index is 0.0138. The second-order valence-corrected chi connectivity index (χ2v) is 15.5. The Morgan fingerprint density at radius 1 is 1.25 bits per heavy atom. The molecule has 12 nitrogen and oxygen atoms in total. The molecule has 1 aliphatic carbocycles. The molecule has 1 aromatic carbocycles. The van der Waals surface area contributed by atoms with Crippen molar-refractivity contribution >= 4 is 50.8 Å². The molecule has 0 spiro atoms. The summed E-state index contributed by atoms with van der Waals surface area (Å²) in [5.74, 6) is -1.20. The third kappa shape index (κ3) is 9.18. The zero-order chi connectivity index (χ0) is 35.2. The molecule has 2 heterocycles. The lowest BCUT2D eigenvalue weighted by molar-refractivity contribution is -0.154. The molecule has 0 bridgehead atoms. The highest BCUT2D eigenvalue weighted by atomic mass is 35.5. The number of esters is 1. The third-order valence-electron chi connectivity index (χ3n) is 8.40. The smallest absolute Gasteiger partial charge is 0.361 e. The molecule has 3 unspecified atom stereocenters. The van der Waals surface area contributed by atoms with Gasteiger partial charge >= 0.3 is 16.3 Å². The number of ether oxygens (including phenoxy) is 1. The van der Waals surface area contributed by atoms with Crippen LogP contribution in [0.3, 0.4) is 0 Å². The first-order valence-electron chi connectivity index (χ1n) is 15.5. The van der Waals surface area contributed by atoms with Gasteiger partial charge in [0.05, 0.1) is 17.0 Å². The molecule has 0 saturated heterocycles. The summed E-state index contributed by atoms with van der Waals surface area (Å²) in [5.41, 5.74) is 9.23. The lowest BCUT2D eigenvalue weighted by atomic mass is 9.98. The third-order valence-corrected chi connectivity index (χ3v) is 11.0. The molecule has 48 heavy (non-hydrogen) atoms. The molecule has 4 atom stereocenters. The van der Waals surface area contributed by atoms with E-state index < -0.39 is 34.3 Å². The van der Waals surface area contributed by atoms with Crippen LogP contribution in [0.25, 0.3) is 0 Å². The Kier molecular flexibility index (Phi) is 12.7. The van der Waals surface area contributed by atoms with Crippen molar-refractivity contribution < 1.29 is 32.0 Å². The monoisotopic (exact) mass is 719 g/mol. The van der Waals surface area contributed by atoms with Crippen LogP contribution < -0.4 is 11.1 Å². The molecular weight excluding hydrogens is 678 g/mol. The molecule has 260 valence electrons. The molecule has 1 aliphatic rings. The summed E-state index contributed by atoms with van der Waals surface area (Å²) in [6.07, 6.45) is 4.91. The normalized spacial score (nSPS) is 18.5. The van der Waals surface area contributed by atoms with E-state index in [0.717, 1.165) is 32.1 Å². The number of halogens is 1. The largest absolute Gasteiger partial charge is 0.461 e. The van der Waals surface area contributed by atoms with E-state index in [4.69, 9.17) is 26.3 Å². The fourth-order valence-corrected chi connectivity index (χ4v) is 7.33. The zero-order valence-electron chi connectivity index (χ0n) is 27.4. The van der Waals surface area contributed by atoms with Gasteiger partial charge in [0.1, 0.15) is 24.3 Å². The van der Waals surface area contributed by atoms with Crippen LogP contribution in [-0.4, -0.2) is 78.0 Å². The summed E-state index contributed by atoms with van der Waals surface area (Å²) in [7, 11) is -2.78. The number of aliphatic hydroxyl groups excluding tert-OH is 1. The Morgan fingerprint density at radius 2 is 2.00 bits per heavy atom. The van der Waals surface area contributed by atoms with Crippen molar-refractivity contribution in [3.05, 3.63) is 86.6 Å². The van der Waals surface area contributed by atoms with Gasteiger partial charge in [0.25, 0.3) is 0 Å². The summed E-state index contributed by atoms with van der Waals surface area (Å²) in [6.45, 7) is 8.80. The predicted octanol–water partition coefficient (Wildman–Crippen LogP) is 4.28. The van der Waals surface area contributed by atoms with E-state index in [1.54, 1.807) is 19.9 Å². The van der Waals surface area contributed by atoms with E-state index >= 15 is 0 Å². The van der Waals surface area contributed by atoms with Crippen molar-refractivity contribution in [1.29, 1.82) is 0 Å². The average Bonchev–Trinajstić information content (AvgIpc) is 3.61. The fourth-order valence-electron chi connectivity index (χ4n) is 5.44. The van der Waals surface area contributed by atoms with Gasteiger partial charge in [-0.05, 0) is 67.0 Å². The molecule has 0 amide bonds. The van der Waals surface area contributed by atoms with Crippen molar-refractivity contribution in [1.82, 2.24) is 14.3 Å². The maximum atomic E-state index is 13.9. The van der Waals surface area contributed by atoms with E-state index in [1.807, 2.05) is 25.1 Å². The molecule has 1 fully saturated rings. The van der Waals surface area contributed by atoms with Gasteiger partial charge in [-0.2, -0.15) is 8.42 Å². The predicted molar refractivity (Wildman–Crippen MR) is 185 cm³/mol. The molecule has 3 aromatic rings. The zero-order valence-corrected chi connectivity index (χ0v) is 29.8. The summed E-state index contributed by atoms with van der Waals surface area (Å²) in [4.78, 5) is 36.6. The maximum Gasteiger partial charge on any atom is 0.361 e. The van der Waals surface area contributed by atoms with Crippen molar-refractivity contribution in [3.8, 4) is 0 Å². The topological polar surface area (TPSA) is 174 Å². The Labute approximate surface area is 290 Å². The van der Waals surface area contributed by atoms with Crippen LogP contribution in [0.1, 0.15) is 63.5 Å². The number of aliphatic hydroxyl groups is 1. The number of thiophene rings is 1. The van der Waals surface area contributed by atoms with Gasteiger partial charge < -0.3 is 20.9 Å². The molecule has 0 aliphatic heterocycles. The van der Waals surface area contributed by atoms with Gasteiger partial charge in [-0.3, -0.25) is 18.1 Å². The van der Waals surface area contributed by atoms with Crippen LogP contribution in [0.5, 0.6) is 0 Å². The summed E-state index contributed by atoms with van der Waals surface area (Å²) < 4.78 is 36.9. The quantitative estimate of drug-likeness (QED) is 0.142. The van der Waals surface area contributed by atoms with E-state index in [9.17, 15) is 23.1 Å². The molecule has 4 rings (SSSR count). The van der Waals surface area contributed by atoms with Gasteiger partial charge in [0, 0.05) is 54.3 Å². The Hall–Kier alpha value is -3.40. The number of rotatable bonds is 16. The minimum atomic E-state index is -4.09. The first-order chi connectivity index (χ1) is 22.7. The van der Waals surface area contributed by atoms with Crippen LogP contribution in [0.4, 0.5) is 5.82 Å². The standard InChI is InChI=1S/C33H42ClN5O7S2/c1-6-39(5)48(43,44)45-17-24-13-26(15-28(24)46-33(42)30(35)19(2)3)38-32-27(16-36-18-37-32)31(41)29-14-22(20(4)47-29)11-23-12-25(34)8-7-21(23)9-10-40/h6-8,12,14,16,18-19,24,26,28,30,40H,1,9-11,13,15,17,35H2,2-5H3,(H,36,37,38)/t24-,26?,28?,30?/m1/s1. The van der Waals surface area contributed by atoms with Crippen molar-refractivity contribution in [3.63, 3.8) is 0 Å². The highest BCUT2D eigenvalue weighted by Crippen LogP contribution is 2.34.